The van der Waals surface area contributed by atoms with Gasteiger partial charge in [-0.25, -0.2) is 4.98 Å². The molecule has 4 nitrogen and oxygen atoms in total. The van der Waals surface area contributed by atoms with Crippen LogP contribution in [-0.2, 0) is 0 Å². The van der Waals surface area contributed by atoms with Crippen LogP contribution in [0, 0.1) is 0 Å². The van der Waals surface area contributed by atoms with Crippen LogP contribution in [-0.4, -0.2) is 10.9 Å². The van der Waals surface area contributed by atoms with E-state index in [1.165, 1.54) is 0 Å². The lowest BCUT2D eigenvalue weighted by Gasteiger charge is -2.02. The molecule has 0 saturated carbocycles. The van der Waals surface area contributed by atoms with Crippen molar-refractivity contribution in [2.75, 3.05) is 5.32 Å². The first-order chi connectivity index (χ1) is 11.0. The van der Waals surface area contributed by atoms with E-state index >= 15 is 0 Å². The minimum Gasteiger partial charge on any atom is -0.451 e. The van der Waals surface area contributed by atoms with Gasteiger partial charge in [-0.3, -0.25) is 4.79 Å². The Hall–Kier alpha value is -1.82. The monoisotopic (exact) mass is 410 g/mol. The van der Waals surface area contributed by atoms with Crippen molar-refractivity contribution in [1.29, 1.82) is 0 Å². The smallest absolute Gasteiger partial charge is 0.292 e. The SMILES string of the molecule is O=C(Nc1ccc(Br)cn1)c1ccc(-c2ccc(Cl)c(Cl)c2)o1. The minimum absolute atomic E-state index is 0.177. The fraction of sp³-hybridized carbons (Fsp3) is 0. The maximum Gasteiger partial charge on any atom is 0.292 e. The summed E-state index contributed by atoms with van der Waals surface area (Å²) < 4.78 is 6.40. The average Bonchev–Trinajstić information content (AvgIpc) is 3.02. The zero-order chi connectivity index (χ0) is 16.4. The summed E-state index contributed by atoms with van der Waals surface area (Å²) in [5, 5.41) is 3.54. The zero-order valence-corrected chi connectivity index (χ0v) is 14.6. The molecule has 0 fully saturated rings. The molecule has 0 saturated heterocycles. The molecule has 0 aliphatic carbocycles. The Labute approximate surface area is 150 Å². The first kappa shape index (κ1) is 16.1. The molecule has 0 aliphatic rings. The number of halogens is 3. The Morgan fingerprint density at radius 3 is 2.61 bits per heavy atom. The Morgan fingerprint density at radius 2 is 1.91 bits per heavy atom. The number of amides is 1. The molecule has 1 aromatic carbocycles. The topological polar surface area (TPSA) is 55.1 Å². The number of nitrogens with one attached hydrogen (secondary N) is 1. The number of carbonyl (C=O) groups excluding carboxylic acids is 1. The molecule has 0 bridgehead atoms. The molecule has 2 aromatic heterocycles. The Morgan fingerprint density at radius 1 is 1.09 bits per heavy atom. The van der Waals surface area contributed by atoms with E-state index < -0.39 is 0 Å². The van der Waals surface area contributed by atoms with E-state index in [0.717, 1.165) is 10.0 Å². The van der Waals surface area contributed by atoms with E-state index in [0.29, 0.717) is 21.6 Å². The number of benzene rings is 1. The molecule has 3 aromatic rings. The van der Waals surface area contributed by atoms with Crippen molar-refractivity contribution in [2.45, 2.75) is 0 Å². The van der Waals surface area contributed by atoms with Crippen LogP contribution in [0.4, 0.5) is 5.82 Å². The normalized spacial score (nSPS) is 10.6. The summed E-state index contributed by atoms with van der Waals surface area (Å²) in [5.74, 6) is 0.755. The molecule has 0 unspecified atom stereocenters. The number of nitrogens with zero attached hydrogens (tertiary/aromatic N) is 1. The van der Waals surface area contributed by atoms with Gasteiger partial charge < -0.3 is 9.73 Å². The highest BCUT2D eigenvalue weighted by Gasteiger charge is 2.13. The Balaban J connectivity index is 1.79. The molecule has 0 spiro atoms. The van der Waals surface area contributed by atoms with Crippen LogP contribution in [0.3, 0.4) is 0 Å². The van der Waals surface area contributed by atoms with Gasteiger partial charge in [-0.15, -0.1) is 0 Å². The summed E-state index contributed by atoms with van der Waals surface area (Å²) in [6.07, 6.45) is 1.60. The summed E-state index contributed by atoms with van der Waals surface area (Å²) in [6, 6.07) is 11.9. The zero-order valence-electron chi connectivity index (χ0n) is 11.5. The maximum absolute atomic E-state index is 12.2. The molecule has 0 atom stereocenters. The first-order valence-corrected chi connectivity index (χ1v) is 8.06. The van der Waals surface area contributed by atoms with Crippen LogP contribution in [0.15, 0.2) is 57.6 Å². The van der Waals surface area contributed by atoms with Gasteiger partial charge in [0, 0.05) is 16.2 Å². The fourth-order valence-corrected chi connectivity index (χ4v) is 2.42. The lowest BCUT2D eigenvalue weighted by molar-refractivity contribution is 0.0997. The summed E-state index contributed by atoms with van der Waals surface area (Å²) in [5.41, 5.74) is 0.736. The average molecular weight is 412 g/mol. The molecule has 23 heavy (non-hydrogen) atoms. The van der Waals surface area contributed by atoms with Crippen LogP contribution in [0.2, 0.25) is 10.0 Å². The van der Waals surface area contributed by atoms with Crippen molar-refractivity contribution in [3.8, 4) is 11.3 Å². The quantitative estimate of drug-likeness (QED) is 0.604. The van der Waals surface area contributed by atoms with Gasteiger partial charge in [0.25, 0.3) is 5.91 Å². The molecule has 0 aliphatic heterocycles. The van der Waals surface area contributed by atoms with Crippen LogP contribution in [0.1, 0.15) is 10.6 Å². The van der Waals surface area contributed by atoms with Gasteiger partial charge in [0.2, 0.25) is 0 Å². The van der Waals surface area contributed by atoms with Gasteiger partial charge in [-0.1, -0.05) is 23.2 Å². The second kappa shape index (κ2) is 6.74. The van der Waals surface area contributed by atoms with E-state index in [4.69, 9.17) is 27.6 Å². The summed E-state index contributed by atoms with van der Waals surface area (Å²) in [4.78, 5) is 16.2. The number of carbonyl (C=O) groups is 1. The highest BCUT2D eigenvalue weighted by Crippen LogP contribution is 2.29. The van der Waals surface area contributed by atoms with E-state index in [9.17, 15) is 4.79 Å². The number of hydrogen-bond acceptors (Lipinski definition) is 3. The van der Waals surface area contributed by atoms with Crippen LogP contribution in [0.25, 0.3) is 11.3 Å². The Bertz CT molecular complexity index is 863. The highest BCUT2D eigenvalue weighted by molar-refractivity contribution is 9.10. The van der Waals surface area contributed by atoms with Gasteiger partial charge >= 0.3 is 0 Å². The largest absolute Gasteiger partial charge is 0.451 e. The lowest BCUT2D eigenvalue weighted by atomic mass is 10.2. The third-order valence-corrected chi connectivity index (χ3v) is 4.21. The minimum atomic E-state index is -0.383. The highest BCUT2D eigenvalue weighted by atomic mass is 79.9. The molecule has 2 heterocycles. The van der Waals surface area contributed by atoms with Crippen LogP contribution < -0.4 is 5.32 Å². The van der Waals surface area contributed by atoms with E-state index in [2.05, 4.69) is 26.2 Å². The molecule has 3 rings (SSSR count). The van der Waals surface area contributed by atoms with Crippen molar-refractivity contribution in [3.63, 3.8) is 0 Å². The maximum atomic E-state index is 12.2. The molecular formula is C16H9BrCl2N2O2. The molecule has 116 valence electrons. The number of aromatic nitrogens is 1. The number of hydrogen-bond donors (Lipinski definition) is 1. The third kappa shape index (κ3) is 3.75. The second-order valence-electron chi connectivity index (χ2n) is 4.61. The summed E-state index contributed by atoms with van der Waals surface area (Å²) >= 11 is 15.2. The standard InChI is InChI=1S/C16H9BrCl2N2O2/c17-10-2-6-15(20-8-10)21-16(22)14-5-4-13(23-14)9-1-3-11(18)12(19)7-9/h1-8H,(H,20,21,22). The molecule has 1 amide bonds. The number of rotatable bonds is 3. The summed E-state index contributed by atoms with van der Waals surface area (Å²) in [6.45, 7) is 0. The molecule has 1 N–H and O–H groups in total. The summed E-state index contributed by atoms with van der Waals surface area (Å²) in [7, 11) is 0. The molecule has 7 heteroatoms. The predicted octanol–water partition coefficient (Wildman–Crippen LogP) is 5.66. The van der Waals surface area contributed by atoms with Gasteiger partial charge in [0.05, 0.1) is 10.0 Å². The van der Waals surface area contributed by atoms with Gasteiger partial charge in [0.15, 0.2) is 5.76 Å². The van der Waals surface area contributed by atoms with Gasteiger partial charge in [0.1, 0.15) is 11.6 Å². The van der Waals surface area contributed by atoms with Gasteiger partial charge in [-0.05, 0) is 58.4 Å². The van der Waals surface area contributed by atoms with E-state index in [1.54, 1.807) is 48.7 Å². The van der Waals surface area contributed by atoms with Crippen LogP contribution in [0.5, 0.6) is 0 Å². The predicted molar refractivity (Wildman–Crippen MR) is 94.1 cm³/mol. The van der Waals surface area contributed by atoms with Crippen molar-refractivity contribution < 1.29 is 9.21 Å². The van der Waals surface area contributed by atoms with Crippen molar-refractivity contribution in [1.82, 2.24) is 4.98 Å². The van der Waals surface area contributed by atoms with E-state index in [1.807, 2.05) is 0 Å². The van der Waals surface area contributed by atoms with Crippen molar-refractivity contribution >= 4 is 50.9 Å². The van der Waals surface area contributed by atoms with Crippen molar-refractivity contribution in [3.05, 3.63) is 68.9 Å². The van der Waals surface area contributed by atoms with E-state index in [-0.39, 0.29) is 11.7 Å². The number of furan rings is 1. The molecule has 0 radical (unpaired) electrons. The van der Waals surface area contributed by atoms with Gasteiger partial charge in [-0.2, -0.15) is 0 Å². The number of pyridine rings is 1. The fourth-order valence-electron chi connectivity index (χ4n) is 1.89. The lowest BCUT2D eigenvalue weighted by Crippen LogP contribution is -2.11. The van der Waals surface area contributed by atoms with Crippen LogP contribution >= 0.6 is 39.1 Å². The number of anilines is 1. The third-order valence-electron chi connectivity index (χ3n) is 3.00. The molecular weight excluding hydrogens is 403 g/mol. The second-order valence-corrected chi connectivity index (χ2v) is 6.34. The Kier molecular flexibility index (Phi) is 4.71. The first-order valence-electron chi connectivity index (χ1n) is 6.51. The van der Waals surface area contributed by atoms with Crippen molar-refractivity contribution in [2.24, 2.45) is 0 Å².